The fraction of sp³-hybridized carbons (Fsp3) is 0.600. The van der Waals surface area contributed by atoms with Crippen molar-refractivity contribution in [3.05, 3.63) is 11.1 Å². The van der Waals surface area contributed by atoms with Gasteiger partial charge in [0, 0.05) is 11.4 Å². The number of thiazole rings is 1. The number of aryl methyl sites for hydroxylation is 1. The van der Waals surface area contributed by atoms with E-state index >= 15 is 0 Å². The van der Waals surface area contributed by atoms with Crippen molar-refractivity contribution < 1.29 is 4.79 Å². The number of hydrogen-bond acceptors (Lipinski definition) is 3. The van der Waals surface area contributed by atoms with Crippen molar-refractivity contribution in [2.75, 3.05) is 5.32 Å². The number of carbonyl (C=O) groups excluding carboxylic acids is 1. The summed E-state index contributed by atoms with van der Waals surface area (Å²) >= 11 is 1.43. The average Bonchev–Trinajstić information content (AvgIpc) is 2.50. The van der Waals surface area contributed by atoms with Crippen molar-refractivity contribution in [2.24, 2.45) is 5.92 Å². The third-order valence-corrected chi connectivity index (χ3v) is 3.07. The van der Waals surface area contributed by atoms with Gasteiger partial charge in [0.2, 0.25) is 0 Å². The van der Waals surface area contributed by atoms with E-state index in [0.717, 1.165) is 5.69 Å². The van der Waals surface area contributed by atoms with Crippen LogP contribution in [0.2, 0.25) is 0 Å². The van der Waals surface area contributed by atoms with Crippen LogP contribution in [-0.2, 0) is 0 Å². The van der Waals surface area contributed by atoms with E-state index in [9.17, 15) is 4.79 Å². The van der Waals surface area contributed by atoms with E-state index in [2.05, 4.69) is 29.5 Å². The molecule has 0 radical (unpaired) electrons. The van der Waals surface area contributed by atoms with Gasteiger partial charge in [0.15, 0.2) is 5.13 Å². The van der Waals surface area contributed by atoms with Crippen molar-refractivity contribution in [1.82, 2.24) is 10.3 Å². The van der Waals surface area contributed by atoms with Gasteiger partial charge >= 0.3 is 6.03 Å². The predicted molar refractivity (Wildman–Crippen MR) is 63.3 cm³/mol. The highest BCUT2D eigenvalue weighted by atomic mass is 32.1. The molecule has 1 heterocycles. The minimum absolute atomic E-state index is 0.158. The molecule has 4 nitrogen and oxygen atoms in total. The minimum Gasteiger partial charge on any atom is -0.335 e. The van der Waals surface area contributed by atoms with Crippen molar-refractivity contribution >= 4 is 22.5 Å². The first-order chi connectivity index (χ1) is 6.99. The second-order valence-electron chi connectivity index (χ2n) is 3.93. The largest absolute Gasteiger partial charge is 0.335 e. The van der Waals surface area contributed by atoms with E-state index in [0.29, 0.717) is 11.0 Å². The molecule has 0 fully saturated rings. The maximum Gasteiger partial charge on any atom is 0.321 e. The van der Waals surface area contributed by atoms with Gasteiger partial charge in [-0.25, -0.2) is 9.78 Å². The van der Waals surface area contributed by atoms with Gasteiger partial charge in [-0.3, -0.25) is 5.32 Å². The van der Waals surface area contributed by atoms with Crippen molar-refractivity contribution in [3.8, 4) is 0 Å². The number of aromatic nitrogens is 1. The first-order valence-corrected chi connectivity index (χ1v) is 5.86. The van der Waals surface area contributed by atoms with E-state index in [1.54, 1.807) is 0 Å². The molecule has 0 aliphatic carbocycles. The summed E-state index contributed by atoms with van der Waals surface area (Å²) in [5.41, 5.74) is 0.923. The molecule has 1 rings (SSSR count). The standard InChI is InChI=1S/C10H17N3OS/c1-6(2)8(4)12-9(14)13-10-11-7(3)5-15-10/h5-6,8H,1-4H3,(H2,11,12,13,14). The lowest BCUT2D eigenvalue weighted by atomic mass is 10.1. The number of anilines is 1. The van der Waals surface area contributed by atoms with Crippen LogP contribution in [0, 0.1) is 12.8 Å². The summed E-state index contributed by atoms with van der Waals surface area (Å²) < 4.78 is 0. The monoisotopic (exact) mass is 227 g/mol. The number of nitrogens with one attached hydrogen (secondary N) is 2. The molecule has 84 valence electrons. The molecule has 0 saturated carbocycles. The fourth-order valence-corrected chi connectivity index (χ4v) is 1.60. The predicted octanol–water partition coefficient (Wildman–Crippen LogP) is 2.62. The first kappa shape index (κ1) is 12.0. The summed E-state index contributed by atoms with van der Waals surface area (Å²) in [5.74, 6) is 0.425. The third-order valence-electron chi connectivity index (χ3n) is 2.20. The Labute approximate surface area is 94.1 Å². The molecule has 0 bridgehead atoms. The highest BCUT2D eigenvalue weighted by Crippen LogP contribution is 2.14. The molecule has 1 unspecified atom stereocenters. The van der Waals surface area contributed by atoms with E-state index in [1.165, 1.54) is 11.3 Å². The van der Waals surface area contributed by atoms with Gasteiger partial charge in [-0.2, -0.15) is 0 Å². The SMILES string of the molecule is Cc1csc(NC(=O)NC(C)C(C)C)n1. The second-order valence-corrected chi connectivity index (χ2v) is 4.78. The Balaban J connectivity index is 2.43. The van der Waals surface area contributed by atoms with Crippen LogP contribution in [0.25, 0.3) is 0 Å². The molecular weight excluding hydrogens is 210 g/mol. The Bertz CT molecular complexity index is 335. The third kappa shape index (κ3) is 3.87. The lowest BCUT2D eigenvalue weighted by molar-refractivity contribution is 0.246. The summed E-state index contributed by atoms with van der Waals surface area (Å²) in [6, 6.07) is -0.0309. The van der Waals surface area contributed by atoms with E-state index in [-0.39, 0.29) is 12.1 Å². The number of hydrogen-bond donors (Lipinski definition) is 2. The van der Waals surface area contributed by atoms with Crippen LogP contribution in [0.1, 0.15) is 26.5 Å². The van der Waals surface area contributed by atoms with Crippen molar-refractivity contribution in [2.45, 2.75) is 33.7 Å². The van der Waals surface area contributed by atoms with E-state index in [1.807, 2.05) is 19.2 Å². The fourth-order valence-electron chi connectivity index (χ4n) is 0.918. The first-order valence-electron chi connectivity index (χ1n) is 4.98. The lowest BCUT2D eigenvalue weighted by Gasteiger charge is -2.16. The van der Waals surface area contributed by atoms with Gasteiger partial charge in [-0.05, 0) is 19.8 Å². The second kappa shape index (κ2) is 5.11. The molecule has 1 aromatic rings. The maximum atomic E-state index is 11.5. The Morgan fingerprint density at radius 3 is 2.60 bits per heavy atom. The van der Waals surface area contributed by atoms with Crippen LogP contribution in [0.15, 0.2) is 5.38 Å². The summed E-state index contributed by atoms with van der Waals surface area (Å²) in [6.07, 6.45) is 0. The summed E-state index contributed by atoms with van der Waals surface area (Å²) in [5, 5.41) is 8.10. The van der Waals surface area contributed by atoms with Gasteiger partial charge < -0.3 is 5.32 Å². The molecular formula is C10H17N3OS. The molecule has 0 aliphatic rings. The quantitative estimate of drug-likeness (QED) is 0.834. The zero-order chi connectivity index (χ0) is 11.4. The van der Waals surface area contributed by atoms with Crippen molar-refractivity contribution in [3.63, 3.8) is 0 Å². The van der Waals surface area contributed by atoms with Crippen LogP contribution in [0.4, 0.5) is 9.93 Å². The van der Waals surface area contributed by atoms with E-state index < -0.39 is 0 Å². The van der Waals surface area contributed by atoms with Gasteiger partial charge in [-0.1, -0.05) is 13.8 Å². The lowest BCUT2D eigenvalue weighted by Crippen LogP contribution is -2.38. The molecule has 0 saturated heterocycles. The molecule has 0 aliphatic heterocycles. The zero-order valence-corrected chi connectivity index (χ0v) is 10.3. The number of rotatable bonds is 3. The number of nitrogens with zero attached hydrogens (tertiary/aromatic N) is 1. The molecule has 1 aromatic heterocycles. The Kier molecular flexibility index (Phi) is 4.08. The van der Waals surface area contributed by atoms with Crippen LogP contribution in [-0.4, -0.2) is 17.1 Å². The molecule has 2 amide bonds. The Morgan fingerprint density at radius 1 is 1.47 bits per heavy atom. The molecule has 2 N–H and O–H groups in total. The molecule has 15 heavy (non-hydrogen) atoms. The van der Waals surface area contributed by atoms with E-state index in [4.69, 9.17) is 0 Å². The number of urea groups is 1. The number of carbonyl (C=O) groups is 1. The van der Waals surface area contributed by atoms with Crippen LogP contribution in [0.3, 0.4) is 0 Å². The highest BCUT2D eigenvalue weighted by Gasteiger charge is 2.11. The molecule has 5 heteroatoms. The summed E-state index contributed by atoms with van der Waals surface area (Å²) in [6.45, 7) is 8.02. The molecule has 0 spiro atoms. The van der Waals surface area contributed by atoms with Crippen molar-refractivity contribution in [1.29, 1.82) is 0 Å². The van der Waals surface area contributed by atoms with Gasteiger partial charge in [-0.15, -0.1) is 11.3 Å². The highest BCUT2D eigenvalue weighted by molar-refractivity contribution is 7.13. The van der Waals surface area contributed by atoms with Crippen LogP contribution < -0.4 is 10.6 Å². The summed E-state index contributed by atoms with van der Waals surface area (Å²) in [4.78, 5) is 15.6. The number of amides is 2. The molecule has 0 aromatic carbocycles. The van der Waals surface area contributed by atoms with Crippen LogP contribution in [0.5, 0.6) is 0 Å². The average molecular weight is 227 g/mol. The summed E-state index contributed by atoms with van der Waals surface area (Å²) in [7, 11) is 0. The zero-order valence-electron chi connectivity index (χ0n) is 9.50. The Morgan fingerprint density at radius 2 is 2.13 bits per heavy atom. The normalized spacial score (nSPS) is 12.6. The topological polar surface area (TPSA) is 54.0 Å². The molecule has 1 atom stereocenters. The smallest absolute Gasteiger partial charge is 0.321 e. The Hall–Kier alpha value is -1.10. The van der Waals surface area contributed by atoms with Crippen LogP contribution >= 0.6 is 11.3 Å². The minimum atomic E-state index is -0.189. The van der Waals surface area contributed by atoms with Gasteiger partial charge in [0.05, 0.1) is 5.69 Å². The van der Waals surface area contributed by atoms with Gasteiger partial charge in [0.25, 0.3) is 0 Å². The van der Waals surface area contributed by atoms with Gasteiger partial charge in [0.1, 0.15) is 0 Å². The maximum absolute atomic E-state index is 11.5.